The first kappa shape index (κ1) is 17.9. The zero-order chi connectivity index (χ0) is 17.8. The van der Waals surface area contributed by atoms with Crippen LogP contribution in [0.4, 0.5) is 16.6 Å². The smallest absolute Gasteiger partial charge is 0.321 e. The highest BCUT2D eigenvalue weighted by Crippen LogP contribution is 2.28. The molecular weight excluding hydrogens is 320 g/mol. The molecule has 0 aromatic carbocycles. The van der Waals surface area contributed by atoms with Crippen LogP contribution in [0.1, 0.15) is 25.7 Å². The summed E-state index contributed by atoms with van der Waals surface area (Å²) in [5.74, 6) is 1.07. The molecule has 8 heteroatoms. The first-order valence-corrected chi connectivity index (χ1v) is 8.91. The molecule has 1 aromatic heterocycles. The minimum absolute atomic E-state index is 0.160. The zero-order valence-electron chi connectivity index (χ0n) is 15.2. The number of rotatable bonds is 5. The van der Waals surface area contributed by atoms with E-state index in [1.807, 2.05) is 19.0 Å². The number of methoxy groups -OCH3 is 1. The van der Waals surface area contributed by atoms with E-state index in [1.54, 1.807) is 19.4 Å². The first-order chi connectivity index (χ1) is 12.1. The predicted molar refractivity (Wildman–Crippen MR) is 96.9 cm³/mol. The molecule has 3 atom stereocenters. The summed E-state index contributed by atoms with van der Waals surface area (Å²) in [5.41, 5.74) is 0. The summed E-state index contributed by atoms with van der Waals surface area (Å²) in [4.78, 5) is 25.1. The topological polar surface area (TPSA) is 82.6 Å². The van der Waals surface area contributed by atoms with Gasteiger partial charge >= 0.3 is 6.03 Å². The van der Waals surface area contributed by atoms with E-state index in [-0.39, 0.29) is 12.1 Å². The Labute approximate surface area is 148 Å². The SMILES string of the molecule is COC1CCN([C@@H]2CCC[C@@H]2NC(=O)Nc2nccc(N(C)C)n2)C1. The van der Waals surface area contributed by atoms with Crippen molar-refractivity contribution < 1.29 is 9.53 Å². The molecular formula is C17H28N6O2. The van der Waals surface area contributed by atoms with E-state index >= 15 is 0 Å². The van der Waals surface area contributed by atoms with Gasteiger partial charge in [0.05, 0.1) is 6.10 Å². The van der Waals surface area contributed by atoms with Gasteiger partial charge in [-0.25, -0.2) is 9.78 Å². The van der Waals surface area contributed by atoms with Crippen molar-refractivity contribution in [2.24, 2.45) is 0 Å². The molecule has 1 aliphatic carbocycles. The molecule has 2 N–H and O–H groups in total. The summed E-state index contributed by atoms with van der Waals surface area (Å²) in [7, 11) is 5.57. The van der Waals surface area contributed by atoms with Gasteiger partial charge in [-0.05, 0) is 31.7 Å². The maximum Gasteiger partial charge on any atom is 0.321 e. The van der Waals surface area contributed by atoms with E-state index in [1.165, 1.54) is 0 Å². The summed E-state index contributed by atoms with van der Waals surface area (Å²) < 4.78 is 5.46. The Morgan fingerprint density at radius 2 is 2.20 bits per heavy atom. The lowest BCUT2D eigenvalue weighted by atomic mass is 10.1. The fourth-order valence-electron chi connectivity index (χ4n) is 3.76. The Kier molecular flexibility index (Phi) is 5.70. The van der Waals surface area contributed by atoms with Crippen LogP contribution in [0.2, 0.25) is 0 Å². The van der Waals surface area contributed by atoms with Crippen LogP contribution in [0.25, 0.3) is 0 Å². The van der Waals surface area contributed by atoms with Gasteiger partial charge in [0.1, 0.15) is 5.82 Å². The number of hydrogen-bond donors (Lipinski definition) is 2. The van der Waals surface area contributed by atoms with Crippen molar-refractivity contribution >= 4 is 17.8 Å². The lowest BCUT2D eigenvalue weighted by molar-refractivity contribution is 0.0985. The molecule has 0 bridgehead atoms. The van der Waals surface area contributed by atoms with Crippen molar-refractivity contribution in [3.8, 4) is 0 Å². The van der Waals surface area contributed by atoms with Crippen LogP contribution in [0.5, 0.6) is 0 Å². The molecule has 25 heavy (non-hydrogen) atoms. The molecule has 138 valence electrons. The third-order valence-electron chi connectivity index (χ3n) is 5.10. The number of carbonyl (C=O) groups is 1. The van der Waals surface area contributed by atoms with Crippen molar-refractivity contribution in [3.63, 3.8) is 0 Å². The van der Waals surface area contributed by atoms with Crippen molar-refractivity contribution in [1.29, 1.82) is 0 Å². The van der Waals surface area contributed by atoms with Gasteiger partial charge in [-0.15, -0.1) is 0 Å². The number of anilines is 2. The third kappa shape index (κ3) is 4.38. The van der Waals surface area contributed by atoms with Gasteiger partial charge < -0.3 is 15.0 Å². The van der Waals surface area contributed by atoms with Crippen LogP contribution < -0.4 is 15.5 Å². The van der Waals surface area contributed by atoms with Gasteiger partial charge in [0.2, 0.25) is 5.95 Å². The van der Waals surface area contributed by atoms with Gasteiger partial charge in [0, 0.05) is 52.6 Å². The van der Waals surface area contributed by atoms with Gasteiger partial charge in [-0.1, -0.05) is 0 Å². The van der Waals surface area contributed by atoms with E-state index in [2.05, 4.69) is 25.5 Å². The number of likely N-dealkylation sites (tertiary alicyclic amines) is 1. The van der Waals surface area contributed by atoms with E-state index in [0.29, 0.717) is 18.1 Å². The number of hydrogen-bond acceptors (Lipinski definition) is 6. The Balaban J connectivity index is 1.56. The third-order valence-corrected chi connectivity index (χ3v) is 5.10. The Morgan fingerprint density at radius 1 is 1.36 bits per heavy atom. The molecule has 8 nitrogen and oxygen atoms in total. The van der Waals surface area contributed by atoms with Crippen LogP contribution >= 0.6 is 0 Å². The Morgan fingerprint density at radius 3 is 2.92 bits per heavy atom. The van der Waals surface area contributed by atoms with E-state index < -0.39 is 0 Å². The molecule has 2 aliphatic rings. The van der Waals surface area contributed by atoms with Crippen LogP contribution in [-0.4, -0.2) is 73.4 Å². The van der Waals surface area contributed by atoms with Crippen molar-refractivity contribution in [2.45, 2.75) is 43.9 Å². The zero-order valence-corrected chi connectivity index (χ0v) is 15.2. The van der Waals surface area contributed by atoms with Crippen LogP contribution in [0.15, 0.2) is 12.3 Å². The van der Waals surface area contributed by atoms with Crippen LogP contribution in [-0.2, 0) is 4.74 Å². The van der Waals surface area contributed by atoms with E-state index in [4.69, 9.17) is 4.74 Å². The number of amides is 2. The van der Waals surface area contributed by atoms with Crippen molar-refractivity contribution in [2.75, 3.05) is 44.5 Å². The minimum atomic E-state index is -0.240. The highest BCUT2D eigenvalue weighted by atomic mass is 16.5. The summed E-state index contributed by atoms with van der Waals surface area (Å²) in [6, 6.07) is 2.11. The van der Waals surface area contributed by atoms with Gasteiger partial charge in [-0.3, -0.25) is 10.2 Å². The largest absolute Gasteiger partial charge is 0.380 e. The lowest BCUT2D eigenvalue weighted by Gasteiger charge is -2.29. The monoisotopic (exact) mass is 348 g/mol. The molecule has 0 radical (unpaired) electrons. The molecule has 2 amide bonds. The average molecular weight is 348 g/mol. The minimum Gasteiger partial charge on any atom is -0.380 e. The fraction of sp³-hybridized carbons (Fsp3) is 0.706. The Hall–Kier alpha value is -1.93. The molecule has 1 unspecified atom stereocenters. The predicted octanol–water partition coefficient (Wildman–Crippen LogP) is 1.31. The normalized spacial score (nSPS) is 26.6. The second kappa shape index (κ2) is 7.97. The van der Waals surface area contributed by atoms with E-state index in [9.17, 15) is 4.79 Å². The maximum atomic E-state index is 12.4. The molecule has 1 saturated carbocycles. The Bertz CT molecular complexity index is 596. The second-order valence-electron chi connectivity index (χ2n) is 6.98. The van der Waals surface area contributed by atoms with Gasteiger partial charge in [0.15, 0.2) is 0 Å². The van der Waals surface area contributed by atoms with Crippen molar-refractivity contribution in [1.82, 2.24) is 20.2 Å². The van der Waals surface area contributed by atoms with Gasteiger partial charge in [0.25, 0.3) is 0 Å². The number of nitrogens with zero attached hydrogens (tertiary/aromatic N) is 4. The molecule has 1 saturated heterocycles. The maximum absolute atomic E-state index is 12.4. The van der Waals surface area contributed by atoms with Crippen molar-refractivity contribution in [3.05, 3.63) is 12.3 Å². The lowest BCUT2D eigenvalue weighted by Crippen LogP contribution is -2.49. The number of urea groups is 1. The molecule has 3 rings (SSSR count). The number of nitrogens with one attached hydrogen (secondary N) is 2. The number of ether oxygens (including phenoxy) is 1. The van der Waals surface area contributed by atoms with E-state index in [0.717, 1.165) is 44.6 Å². The summed E-state index contributed by atoms with van der Waals surface area (Å²) in [5, 5.41) is 5.86. The fourth-order valence-corrected chi connectivity index (χ4v) is 3.76. The summed E-state index contributed by atoms with van der Waals surface area (Å²) in [6.07, 6.45) is 6.29. The molecule has 2 heterocycles. The van der Waals surface area contributed by atoms with Crippen LogP contribution in [0, 0.1) is 0 Å². The molecule has 0 spiro atoms. The summed E-state index contributed by atoms with van der Waals surface area (Å²) in [6.45, 7) is 1.99. The number of carbonyl (C=O) groups excluding carboxylic acids is 1. The quantitative estimate of drug-likeness (QED) is 0.835. The summed E-state index contributed by atoms with van der Waals surface area (Å²) >= 11 is 0. The highest BCUT2D eigenvalue weighted by molar-refractivity contribution is 5.87. The molecule has 1 aliphatic heterocycles. The van der Waals surface area contributed by atoms with Gasteiger partial charge in [-0.2, -0.15) is 4.98 Å². The molecule has 2 fully saturated rings. The highest BCUT2D eigenvalue weighted by Gasteiger charge is 2.36. The first-order valence-electron chi connectivity index (χ1n) is 8.91. The molecule has 1 aromatic rings. The van der Waals surface area contributed by atoms with Crippen LogP contribution in [0.3, 0.4) is 0 Å². The second-order valence-corrected chi connectivity index (χ2v) is 6.98. The number of aromatic nitrogens is 2. The standard InChI is InChI=1S/C17H28N6O2/c1-22(2)15-7-9-18-16(20-15)21-17(24)19-13-5-4-6-14(13)23-10-8-12(11-23)25-3/h7,9,12-14H,4-6,8,10-11H2,1-3H3,(H2,18,19,20,21,24)/t12?,13-,14+/m0/s1. The average Bonchev–Trinajstić information content (AvgIpc) is 3.23.